The molecule has 4 aromatic rings. The second-order valence-electron chi connectivity index (χ2n) is 7.15. The van der Waals surface area contributed by atoms with Crippen molar-refractivity contribution in [2.45, 2.75) is 18.1 Å². The van der Waals surface area contributed by atoms with Crippen molar-refractivity contribution >= 4 is 50.3 Å². The molecule has 0 saturated heterocycles. The highest BCUT2D eigenvalue weighted by molar-refractivity contribution is 7.99. The van der Waals surface area contributed by atoms with Gasteiger partial charge in [-0.1, -0.05) is 41.3 Å². The number of nitrogens with zero attached hydrogens (tertiary/aromatic N) is 4. The maximum atomic E-state index is 12.4. The van der Waals surface area contributed by atoms with Crippen molar-refractivity contribution in [3.05, 3.63) is 59.9 Å². The number of hydrogen-bond acceptors (Lipinski definition) is 8. The highest BCUT2D eigenvalue weighted by atomic mass is 32.2. The predicted molar refractivity (Wildman–Crippen MR) is 129 cm³/mol. The van der Waals surface area contributed by atoms with E-state index in [-0.39, 0.29) is 23.6 Å². The van der Waals surface area contributed by atoms with Crippen molar-refractivity contribution in [1.82, 2.24) is 25.1 Å². The van der Waals surface area contributed by atoms with Crippen LogP contribution in [0.4, 0.5) is 5.13 Å². The normalized spacial score (nSPS) is 11.8. The Bertz CT molecular complexity index is 1290. The minimum Gasteiger partial charge on any atom is -0.497 e. The Balaban J connectivity index is 1.34. The zero-order chi connectivity index (χ0) is 23.4. The van der Waals surface area contributed by atoms with E-state index < -0.39 is 0 Å². The first kappa shape index (κ1) is 22.7. The van der Waals surface area contributed by atoms with Gasteiger partial charge >= 0.3 is 0 Å². The number of aromatic nitrogens is 4. The largest absolute Gasteiger partial charge is 0.497 e. The molecule has 2 heterocycles. The molecule has 0 spiro atoms. The maximum absolute atomic E-state index is 12.4. The molecular weight excluding hydrogens is 460 g/mol. The summed E-state index contributed by atoms with van der Waals surface area (Å²) in [5.74, 6) is 1.11. The first-order valence-corrected chi connectivity index (χ1v) is 11.9. The zero-order valence-electron chi connectivity index (χ0n) is 18.2. The van der Waals surface area contributed by atoms with Gasteiger partial charge in [-0.15, -0.1) is 10.2 Å². The number of carbonyl (C=O) groups excluding carboxylic acids is 2. The monoisotopic (exact) mass is 482 g/mol. The number of methoxy groups -OCH3 is 1. The van der Waals surface area contributed by atoms with Crippen LogP contribution in [0.15, 0.2) is 53.7 Å². The van der Waals surface area contributed by atoms with E-state index in [1.807, 2.05) is 50.4 Å². The smallest absolute Gasteiger partial charge is 0.251 e. The molecule has 0 unspecified atom stereocenters. The van der Waals surface area contributed by atoms with Crippen LogP contribution < -0.4 is 15.4 Å². The van der Waals surface area contributed by atoms with Gasteiger partial charge in [0.1, 0.15) is 5.75 Å². The van der Waals surface area contributed by atoms with E-state index >= 15 is 0 Å². The van der Waals surface area contributed by atoms with Crippen LogP contribution in [0.3, 0.4) is 0 Å². The summed E-state index contributed by atoms with van der Waals surface area (Å²) >= 11 is 2.65. The Morgan fingerprint density at radius 2 is 1.97 bits per heavy atom. The topological polar surface area (TPSA) is 111 Å². The summed E-state index contributed by atoms with van der Waals surface area (Å²) in [6.07, 6.45) is 0. The molecule has 0 fully saturated rings. The Morgan fingerprint density at radius 1 is 1.18 bits per heavy atom. The van der Waals surface area contributed by atoms with Crippen LogP contribution in [0, 0.1) is 0 Å². The second kappa shape index (κ2) is 10.0. The fraction of sp³-hybridized carbons (Fsp3) is 0.227. The SMILES string of the molecule is COc1ccc2nc(NC(=O)CSc3nnc([C@@H](C)NC(=O)c4ccccc4)n3C)sc2c1. The first-order valence-electron chi connectivity index (χ1n) is 10.1. The average Bonchev–Trinajstić information content (AvgIpc) is 3.39. The average molecular weight is 483 g/mol. The highest BCUT2D eigenvalue weighted by Crippen LogP contribution is 2.29. The van der Waals surface area contributed by atoms with Crippen molar-refractivity contribution in [3.63, 3.8) is 0 Å². The molecule has 0 aliphatic heterocycles. The van der Waals surface area contributed by atoms with E-state index in [1.165, 1.54) is 23.1 Å². The minimum absolute atomic E-state index is 0.149. The summed E-state index contributed by atoms with van der Waals surface area (Å²) in [7, 11) is 3.42. The Morgan fingerprint density at radius 3 is 2.73 bits per heavy atom. The molecule has 11 heteroatoms. The van der Waals surface area contributed by atoms with Crippen molar-refractivity contribution in [1.29, 1.82) is 0 Å². The van der Waals surface area contributed by atoms with Gasteiger partial charge in [0, 0.05) is 12.6 Å². The standard InChI is InChI=1S/C22H22N6O3S2/c1-13(23-20(30)14-7-5-4-6-8-14)19-26-27-22(28(19)2)32-12-18(29)25-21-24-16-10-9-15(31-3)11-17(16)33-21/h4-11,13H,12H2,1-3H3,(H,23,30)(H,24,25,29)/t13-/m1/s1. The molecule has 9 nitrogen and oxygen atoms in total. The molecule has 2 N–H and O–H groups in total. The lowest BCUT2D eigenvalue weighted by atomic mass is 10.2. The second-order valence-corrected chi connectivity index (χ2v) is 9.12. The van der Waals surface area contributed by atoms with Gasteiger partial charge in [-0.05, 0) is 37.3 Å². The Hall–Kier alpha value is -3.44. The molecule has 4 rings (SSSR count). The van der Waals surface area contributed by atoms with Crippen LogP contribution in [0.2, 0.25) is 0 Å². The summed E-state index contributed by atoms with van der Waals surface area (Å²) in [4.78, 5) is 29.3. The van der Waals surface area contributed by atoms with E-state index in [2.05, 4.69) is 25.8 Å². The minimum atomic E-state index is -0.349. The van der Waals surface area contributed by atoms with Crippen molar-refractivity contribution in [2.24, 2.45) is 7.05 Å². The van der Waals surface area contributed by atoms with Crippen LogP contribution in [-0.2, 0) is 11.8 Å². The number of benzene rings is 2. The van der Waals surface area contributed by atoms with E-state index in [9.17, 15) is 9.59 Å². The summed E-state index contributed by atoms with van der Waals surface area (Å²) in [6.45, 7) is 1.84. The van der Waals surface area contributed by atoms with Gasteiger partial charge in [-0.25, -0.2) is 4.98 Å². The summed E-state index contributed by atoms with van der Waals surface area (Å²) in [5.41, 5.74) is 1.37. The Kier molecular flexibility index (Phi) is 6.90. The van der Waals surface area contributed by atoms with Crippen molar-refractivity contribution < 1.29 is 14.3 Å². The fourth-order valence-corrected chi connectivity index (χ4v) is 4.76. The van der Waals surface area contributed by atoms with E-state index in [4.69, 9.17) is 4.74 Å². The number of thioether (sulfide) groups is 1. The lowest BCUT2D eigenvalue weighted by Gasteiger charge is -2.13. The third kappa shape index (κ3) is 5.32. The summed E-state index contributed by atoms with van der Waals surface area (Å²) in [5, 5.41) is 15.2. The van der Waals surface area contributed by atoms with Gasteiger partial charge < -0.3 is 19.9 Å². The van der Waals surface area contributed by atoms with Crippen LogP contribution in [0.1, 0.15) is 29.1 Å². The molecule has 1 atom stereocenters. The number of carbonyl (C=O) groups is 2. The molecule has 170 valence electrons. The van der Waals surface area contributed by atoms with Crippen LogP contribution in [0.5, 0.6) is 5.75 Å². The van der Waals surface area contributed by atoms with Crippen molar-refractivity contribution in [3.8, 4) is 5.75 Å². The third-order valence-corrected chi connectivity index (χ3v) is 6.77. The maximum Gasteiger partial charge on any atom is 0.251 e. The molecule has 2 aromatic heterocycles. The van der Waals surface area contributed by atoms with Gasteiger partial charge in [0.2, 0.25) is 5.91 Å². The number of rotatable bonds is 8. The molecule has 0 bridgehead atoms. The third-order valence-electron chi connectivity index (χ3n) is 4.81. The molecule has 0 radical (unpaired) electrons. The number of nitrogens with one attached hydrogen (secondary N) is 2. The van der Waals surface area contributed by atoms with Gasteiger partial charge in [0.05, 0.1) is 29.1 Å². The quantitative estimate of drug-likeness (QED) is 0.369. The van der Waals surface area contributed by atoms with Gasteiger partial charge in [-0.2, -0.15) is 0 Å². The number of thiazole rings is 1. The summed E-state index contributed by atoms with van der Waals surface area (Å²) in [6, 6.07) is 14.2. The lowest BCUT2D eigenvalue weighted by molar-refractivity contribution is -0.113. The number of fused-ring (bicyclic) bond motifs is 1. The number of ether oxygens (including phenoxy) is 1. The fourth-order valence-electron chi connectivity index (χ4n) is 3.13. The molecule has 0 saturated carbocycles. The van der Waals surface area contributed by atoms with Gasteiger partial charge in [-0.3, -0.25) is 9.59 Å². The van der Waals surface area contributed by atoms with Crippen LogP contribution in [0.25, 0.3) is 10.2 Å². The molecule has 2 amide bonds. The lowest BCUT2D eigenvalue weighted by Crippen LogP contribution is -2.28. The van der Waals surface area contributed by atoms with E-state index in [1.54, 1.807) is 23.8 Å². The van der Waals surface area contributed by atoms with Gasteiger partial charge in [0.25, 0.3) is 5.91 Å². The Labute approximate surface area is 198 Å². The molecule has 0 aliphatic carbocycles. The zero-order valence-corrected chi connectivity index (χ0v) is 19.9. The van der Waals surface area contributed by atoms with Crippen LogP contribution in [-0.4, -0.2) is 44.4 Å². The highest BCUT2D eigenvalue weighted by Gasteiger charge is 2.19. The predicted octanol–water partition coefficient (Wildman–Crippen LogP) is 3.66. The van der Waals surface area contributed by atoms with Gasteiger partial charge in [0.15, 0.2) is 16.1 Å². The van der Waals surface area contributed by atoms with E-state index in [0.717, 1.165) is 16.0 Å². The number of hydrogen-bond donors (Lipinski definition) is 2. The molecule has 2 aromatic carbocycles. The molecule has 0 aliphatic rings. The number of anilines is 1. The summed E-state index contributed by atoms with van der Waals surface area (Å²) < 4.78 is 7.93. The van der Waals surface area contributed by atoms with Crippen molar-refractivity contribution in [2.75, 3.05) is 18.2 Å². The van der Waals surface area contributed by atoms with E-state index in [0.29, 0.717) is 21.7 Å². The molecule has 33 heavy (non-hydrogen) atoms. The number of amides is 2. The molecular formula is C22H22N6O3S2. The van der Waals surface area contributed by atoms with Crippen LogP contribution >= 0.6 is 23.1 Å². The first-order chi connectivity index (χ1) is 15.9.